The molecule has 0 unspecified atom stereocenters. The lowest BCUT2D eigenvalue weighted by Crippen LogP contribution is -2.35. The molecule has 0 saturated carbocycles. The number of nitrogens with one attached hydrogen (secondary N) is 1. The van der Waals surface area contributed by atoms with Gasteiger partial charge in [-0.15, -0.1) is 11.3 Å². The molecule has 2 heterocycles. The van der Waals surface area contributed by atoms with Crippen LogP contribution in [-0.4, -0.2) is 32.9 Å². The number of nitrogens with zero attached hydrogens (tertiary/aromatic N) is 1. The summed E-state index contributed by atoms with van der Waals surface area (Å²) in [5.41, 5.74) is 2.58. The van der Waals surface area contributed by atoms with Crippen molar-refractivity contribution in [1.82, 2.24) is 4.90 Å². The number of sulfonamides is 1. The van der Waals surface area contributed by atoms with Crippen molar-refractivity contribution in [2.45, 2.75) is 24.8 Å². The Balaban J connectivity index is 1.59. The van der Waals surface area contributed by atoms with E-state index in [0.717, 1.165) is 6.42 Å². The summed E-state index contributed by atoms with van der Waals surface area (Å²) in [4.78, 5) is 16.3. The van der Waals surface area contributed by atoms with Crippen molar-refractivity contribution < 1.29 is 17.9 Å². The van der Waals surface area contributed by atoms with E-state index in [1.165, 1.54) is 35.7 Å². The highest BCUT2D eigenvalue weighted by Gasteiger charge is 2.25. The third-order valence-electron chi connectivity index (χ3n) is 5.34. The molecule has 1 aliphatic rings. The maximum Gasteiger partial charge on any atom is 0.261 e. The van der Waals surface area contributed by atoms with Gasteiger partial charge in [0.05, 0.1) is 22.7 Å². The summed E-state index contributed by atoms with van der Waals surface area (Å²) in [5, 5.41) is 2.24. The minimum Gasteiger partial charge on any atom is -0.495 e. The first-order valence-corrected chi connectivity index (χ1v) is 12.3. The summed E-state index contributed by atoms with van der Waals surface area (Å²) in [6.45, 7) is 2.95. The molecule has 9 heteroatoms. The molecule has 4 rings (SSSR count). The van der Waals surface area contributed by atoms with Crippen molar-refractivity contribution in [3.05, 3.63) is 74.4 Å². The van der Waals surface area contributed by atoms with Gasteiger partial charge in [-0.2, -0.15) is 0 Å². The number of thiophene rings is 1. The van der Waals surface area contributed by atoms with Crippen LogP contribution in [0.3, 0.4) is 0 Å². The first-order chi connectivity index (χ1) is 14.8. The molecule has 2 aromatic carbocycles. The molecule has 0 atom stereocenters. The van der Waals surface area contributed by atoms with Gasteiger partial charge in [0.15, 0.2) is 0 Å². The Morgan fingerprint density at radius 3 is 2.77 bits per heavy atom. The van der Waals surface area contributed by atoms with Crippen LogP contribution in [0.25, 0.3) is 0 Å². The van der Waals surface area contributed by atoms with Gasteiger partial charge in [-0.1, -0.05) is 17.7 Å². The highest BCUT2D eigenvalue weighted by atomic mass is 35.5. The summed E-state index contributed by atoms with van der Waals surface area (Å²) in [6.07, 6.45) is 0.836. The van der Waals surface area contributed by atoms with Gasteiger partial charge in [0, 0.05) is 23.5 Å². The molecule has 0 radical (unpaired) electrons. The molecule has 1 aromatic heterocycles. The van der Waals surface area contributed by atoms with Gasteiger partial charge >= 0.3 is 0 Å². The van der Waals surface area contributed by atoms with Crippen molar-refractivity contribution in [2.24, 2.45) is 0 Å². The normalized spacial score (nSPS) is 13.6. The van der Waals surface area contributed by atoms with Gasteiger partial charge in [-0.25, -0.2) is 8.42 Å². The first-order valence-electron chi connectivity index (χ1n) is 9.60. The van der Waals surface area contributed by atoms with E-state index >= 15 is 0 Å². The number of benzene rings is 2. The van der Waals surface area contributed by atoms with Gasteiger partial charge in [0.1, 0.15) is 5.75 Å². The number of fused-ring (bicyclic) bond motifs is 1. The van der Waals surface area contributed by atoms with E-state index in [1.807, 2.05) is 5.38 Å². The van der Waals surface area contributed by atoms with Gasteiger partial charge in [0.25, 0.3) is 15.9 Å². The number of ether oxygens (including phenoxy) is 1. The molecule has 162 valence electrons. The summed E-state index contributed by atoms with van der Waals surface area (Å²) in [5.74, 6) is 0.280. The lowest BCUT2D eigenvalue weighted by atomic mass is 10.0. The molecule has 1 N–H and O–H groups in total. The van der Waals surface area contributed by atoms with Crippen LogP contribution in [0.2, 0.25) is 5.02 Å². The van der Waals surface area contributed by atoms with Crippen LogP contribution in [-0.2, 0) is 23.0 Å². The number of amides is 1. The molecule has 0 aliphatic carbocycles. The number of methoxy groups -OCH3 is 1. The second-order valence-corrected chi connectivity index (χ2v) is 10.3. The fraction of sp³-hybridized carbons (Fsp3) is 0.227. The monoisotopic (exact) mass is 476 g/mol. The molecule has 0 saturated heterocycles. The van der Waals surface area contributed by atoms with E-state index in [1.54, 1.807) is 41.4 Å². The van der Waals surface area contributed by atoms with Gasteiger partial charge < -0.3 is 9.64 Å². The molecule has 6 nitrogen and oxygen atoms in total. The number of halogens is 1. The lowest BCUT2D eigenvalue weighted by molar-refractivity contribution is 0.0735. The zero-order chi connectivity index (χ0) is 22.2. The fourth-order valence-corrected chi connectivity index (χ4v) is 5.95. The Morgan fingerprint density at radius 2 is 2.03 bits per heavy atom. The summed E-state index contributed by atoms with van der Waals surface area (Å²) < 4.78 is 33.4. The zero-order valence-corrected chi connectivity index (χ0v) is 19.4. The molecule has 1 amide bonds. The minimum atomic E-state index is -3.90. The van der Waals surface area contributed by atoms with E-state index < -0.39 is 10.0 Å². The van der Waals surface area contributed by atoms with Crippen LogP contribution < -0.4 is 9.46 Å². The molecular formula is C22H21ClN2O4S2. The van der Waals surface area contributed by atoms with Gasteiger partial charge in [-0.05, 0) is 66.2 Å². The number of carbonyl (C=O) groups excluding carboxylic acids is 1. The Morgan fingerprint density at radius 1 is 1.23 bits per heavy atom. The topological polar surface area (TPSA) is 75.7 Å². The van der Waals surface area contributed by atoms with E-state index in [0.29, 0.717) is 35.7 Å². The maximum atomic E-state index is 13.2. The highest BCUT2D eigenvalue weighted by Crippen LogP contribution is 2.30. The van der Waals surface area contributed by atoms with E-state index in [4.69, 9.17) is 16.3 Å². The van der Waals surface area contributed by atoms with Crippen LogP contribution in [0.5, 0.6) is 5.75 Å². The Bertz CT molecular complexity index is 1250. The molecule has 0 spiro atoms. The molecule has 0 bridgehead atoms. The average molecular weight is 477 g/mol. The Labute approximate surface area is 190 Å². The summed E-state index contributed by atoms with van der Waals surface area (Å²) >= 11 is 7.80. The van der Waals surface area contributed by atoms with E-state index in [9.17, 15) is 13.2 Å². The van der Waals surface area contributed by atoms with Gasteiger partial charge in [0.2, 0.25) is 0 Å². The van der Waals surface area contributed by atoms with Crippen LogP contribution in [0.1, 0.15) is 26.4 Å². The Kier molecular flexibility index (Phi) is 5.96. The third-order valence-corrected chi connectivity index (χ3v) is 8.02. The molecular weight excluding hydrogens is 456 g/mol. The molecule has 0 fully saturated rings. The largest absolute Gasteiger partial charge is 0.495 e. The first kappa shape index (κ1) is 21.7. The standard InChI is InChI=1S/C22H21ClN2O4S2/c1-14-17(22(26)25-10-8-21-15(13-25)9-11-30-21)4-3-5-19(14)24-31(27,28)16-6-7-20(29-2)18(23)12-16/h3-7,9,11-12,24H,8,10,13H2,1-2H3. The highest BCUT2D eigenvalue weighted by molar-refractivity contribution is 7.92. The predicted molar refractivity (Wildman–Crippen MR) is 123 cm³/mol. The lowest BCUT2D eigenvalue weighted by Gasteiger charge is -2.28. The predicted octanol–water partition coefficient (Wildman–Crippen LogP) is 4.72. The smallest absolute Gasteiger partial charge is 0.261 e. The Hall–Kier alpha value is -2.55. The van der Waals surface area contributed by atoms with Crippen molar-refractivity contribution in [1.29, 1.82) is 0 Å². The average Bonchev–Trinajstić information content (AvgIpc) is 3.22. The number of anilines is 1. The minimum absolute atomic E-state index is 0.00967. The van der Waals surface area contributed by atoms with Crippen LogP contribution in [0, 0.1) is 6.92 Å². The fourth-order valence-electron chi connectivity index (χ4n) is 3.59. The van der Waals surface area contributed by atoms with Crippen molar-refractivity contribution in [2.75, 3.05) is 18.4 Å². The molecule has 3 aromatic rings. The number of hydrogen-bond donors (Lipinski definition) is 1. The van der Waals surface area contributed by atoms with Crippen molar-refractivity contribution >= 4 is 44.6 Å². The zero-order valence-electron chi connectivity index (χ0n) is 17.0. The number of hydrogen-bond acceptors (Lipinski definition) is 5. The molecule has 1 aliphatic heterocycles. The second-order valence-electron chi connectivity index (χ2n) is 7.23. The SMILES string of the molecule is COc1ccc(S(=O)(=O)Nc2cccc(C(=O)N3CCc4sccc4C3)c2C)cc1Cl. The van der Waals surface area contributed by atoms with Crippen LogP contribution in [0.15, 0.2) is 52.7 Å². The van der Waals surface area contributed by atoms with Crippen LogP contribution in [0.4, 0.5) is 5.69 Å². The van der Waals surface area contributed by atoms with E-state index in [-0.39, 0.29) is 15.8 Å². The third kappa shape index (κ3) is 4.28. The molecule has 31 heavy (non-hydrogen) atoms. The summed E-state index contributed by atoms with van der Waals surface area (Å²) in [7, 11) is -2.44. The van der Waals surface area contributed by atoms with Gasteiger partial charge in [-0.3, -0.25) is 9.52 Å². The van der Waals surface area contributed by atoms with Crippen molar-refractivity contribution in [3.8, 4) is 5.75 Å². The van der Waals surface area contributed by atoms with Crippen molar-refractivity contribution in [3.63, 3.8) is 0 Å². The number of carbonyl (C=O) groups is 1. The maximum absolute atomic E-state index is 13.2. The van der Waals surface area contributed by atoms with Crippen LogP contribution >= 0.6 is 22.9 Å². The number of rotatable bonds is 5. The quantitative estimate of drug-likeness (QED) is 0.578. The summed E-state index contributed by atoms with van der Waals surface area (Å²) in [6, 6.07) is 11.3. The second kappa shape index (κ2) is 8.53. The van der Waals surface area contributed by atoms with E-state index in [2.05, 4.69) is 10.8 Å².